The maximum Gasteiger partial charge on any atom is 0.292 e. The molecule has 29 heavy (non-hydrogen) atoms. The first-order valence-corrected chi connectivity index (χ1v) is 10.7. The lowest BCUT2D eigenvalue weighted by atomic mass is 10.1. The zero-order chi connectivity index (χ0) is 20.4. The smallest absolute Gasteiger partial charge is 0.292 e. The Morgan fingerprint density at radius 1 is 1.03 bits per heavy atom. The molecular weight excluding hydrogens is 392 g/mol. The molecule has 0 saturated carbocycles. The summed E-state index contributed by atoms with van der Waals surface area (Å²) >= 11 is 0. The minimum atomic E-state index is -3.67. The van der Waals surface area contributed by atoms with Gasteiger partial charge < -0.3 is 14.8 Å². The summed E-state index contributed by atoms with van der Waals surface area (Å²) in [5.74, 6) is -0.741. The maximum absolute atomic E-state index is 12.8. The highest BCUT2D eigenvalue weighted by atomic mass is 32.2. The molecule has 0 radical (unpaired) electrons. The van der Waals surface area contributed by atoms with Gasteiger partial charge in [0, 0.05) is 18.7 Å². The molecule has 1 aliphatic heterocycles. The van der Waals surface area contributed by atoms with Crippen LogP contribution in [0.2, 0.25) is 0 Å². The summed E-state index contributed by atoms with van der Waals surface area (Å²) in [6.07, 6.45) is 3.05. The van der Waals surface area contributed by atoms with E-state index in [9.17, 15) is 18.3 Å². The normalized spacial score (nSPS) is 14.8. The van der Waals surface area contributed by atoms with Gasteiger partial charge in [0.1, 0.15) is 5.75 Å². The zero-order valence-corrected chi connectivity index (χ0v) is 16.4. The molecule has 1 amide bonds. The van der Waals surface area contributed by atoms with E-state index in [1.54, 1.807) is 6.07 Å². The van der Waals surface area contributed by atoms with Gasteiger partial charge in [-0.1, -0.05) is 30.3 Å². The molecule has 2 aromatic carbocycles. The Bertz CT molecular complexity index is 1130. The first-order valence-electron chi connectivity index (χ1n) is 9.24. The molecule has 7 nitrogen and oxygen atoms in total. The third-order valence-corrected chi connectivity index (χ3v) is 6.77. The summed E-state index contributed by atoms with van der Waals surface area (Å²) in [5.41, 5.74) is 1.41. The van der Waals surface area contributed by atoms with Crippen LogP contribution in [0.4, 0.5) is 5.69 Å². The van der Waals surface area contributed by atoms with Crippen LogP contribution in [-0.2, 0) is 10.0 Å². The molecule has 0 unspecified atom stereocenters. The maximum atomic E-state index is 12.8. The van der Waals surface area contributed by atoms with Gasteiger partial charge in [-0.3, -0.25) is 4.79 Å². The van der Waals surface area contributed by atoms with Crippen LogP contribution in [0.15, 0.2) is 70.2 Å². The molecule has 8 heteroatoms. The Morgan fingerprint density at radius 3 is 2.48 bits per heavy atom. The monoisotopic (exact) mass is 412 g/mol. The van der Waals surface area contributed by atoms with Crippen molar-refractivity contribution in [1.82, 2.24) is 4.31 Å². The number of furan rings is 1. The van der Waals surface area contributed by atoms with Gasteiger partial charge in [0.15, 0.2) is 5.76 Å². The van der Waals surface area contributed by atoms with Gasteiger partial charge in [0.05, 0.1) is 16.8 Å². The fourth-order valence-corrected chi connectivity index (χ4v) is 4.91. The molecule has 1 aliphatic rings. The van der Waals surface area contributed by atoms with Gasteiger partial charge in [-0.2, -0.15) is 4.31 Å². The van der Waals surface area contributed by atoms with E-state index < -0.39 is 15.9 Å². The van der Waals surface area contributed by atoms with Gasteiger partial charge in [-0.05, 0) is 42.7 Å². The van der Waals surface area contributed by atoms with Crippen molar-refractivity contribution in [2.45, 2.75) is 17.7 Å². The summed E-state index contributed by atoms with van der Waals surface area (Å²) < 4.78 is 32.3. The molecule has 0 aliphatic carbocycles. The lowest BCUT2D eigenvalue weighted by Gasteiger charge is -2.16. The lowest BCUT2D eigenvalue weighted by Crippen LogP contribution is -2.28. The van der Waals surface area contributed by atoms with Gasteiger partial charge in [-0.25, -0.2) is 8.42 Å². The number of carbonyl (C=O) groups is 1. The van der Waals surface area contributed by atoms with Crippen LogP contribution >= 0.6 is 0 Å². The Labute approximate surface area is 168 Å². The largest absolute Gasteiger partial charge is 0.506 e. The summed E-state index contributed by atoms with van der Waals surface area (Å²) in [5, 5.41) is 12.7. The fraction of sp³-hybridized carbons (Fsp3) is 0.190. The van der Waals surface area contributed by atoms with E-state index in [1.165, 1.54) is 28.8 Å². The summed E-state index contributed by atoms with van der Waals surface area (Å²) in [6, 6.07) is 14.8. The van der Waals surface area contributed by atoms with Crippen molar-refractivity contribution in [2.75, 3.05) is 18.4 Å². The van der Waals surface area contributed by atoms with Gasteiger partial charge in [0.2, 0.25) is 10.0 Å². The predicted molar refractivity (Wildman–Crippen MR) is 108 cm³/mol. The quantitative estimate of drug-likeness (QED) is 0.623. The number of phenolic OH excluding ortho intramolecular Hbond substituents is 1. The van der Waals surface area contributed by atoms with E-state index in [1.807, 2.05) is 30.3 Å². The van der Waals surface area contributed by atoms with E-state index >= 15 is 0 Å². The standard InChI is InChI=1S/C21H20N2O5S/c24-19-9-8-16(29(26,27)23-11-4-5-12-23)14-18(19)22-21(25)20-17(10-13-28-20)15-6-2-1-3-7-15/h1-3,6-10,13-14,24H,4-5,11-12H2,(H,22,25). The number of nitrogens with one attached hydrogen (secondary N) is 1. The van der Waals surface area contributed by atoms with Crippen LogP contribution in [0.25, 0.3) is 11.1 Å². The predicted octanol–water partition coefficient (Wildman–Crippen LogP) is 3.69. The van der Waals surface area contributed by atoms with Gasteiger partial charge in [0.25, 0.3) is 5.91 Å². The Hall–Kier alpha value is -3.10. The minimum Gasteiger partial charge on any atom is -0.506 e. The molecular formula is C21H20N2O5S. The summed E-state index contributed by atoms with van der Waals surface area (Å²) in [6.45, 7) is 0.940. The zero-order valence-electron chi connectivity index (χ0n) is 15.5. The van der Waals surface area contributed by atoms with E-state index in [-0.39, 0.29) is 22.1 Å². The second kappa shape index (κ2) is 7.73. The van der Waals surface area contributed by atoms with Gasteiger partial charge in [-0.15, -0.1) is 0 Å². The molecule has 150 valence electrons. The molecule has 0 atom stereocenters. The van der Waals surface area contributed by atoms with E-state index in [0.29, 0.717) is 18.7 Å². The number of nitrogens with zero attached hydrogens (tertiary/aromatic N) is 1. The van der Waals surface area contributed by atoms with Crippen LogP contribution in [0, 0.1) is 0 Å². The number of carbonyl (C=O) groups excluding carboxylic acids is 1. The number of benzene rings is 2. The number of rotatable bonds is 5. The molecule has 2 heterocycles. The van der Waals surface area contributed by atoms with Crippen molar-refractivity contribution in [3.63, 3.8) is 0 Å². The van der Waals surface area contributed by atoms with Crippen molar-refractivity contribution in [2.24, 2.45) is 0 Å². The SMILES string of the molecule is O=C(Nc1cc(S(=O)(=O)N2CCCC2)ccc1O)c1occc1-c1ccccc1. The number of hydrogen-bond donors (Lipinski definition) is 2. The van der Waals surface area contributed by atoms with E-state index in [4.69, 9.17) is 4.42 Å². The molecule has 3 aromatic rings. The van der Waals surface area contributed by atoms with Crippen molar-refractivity contribution < 1.29 is 22.7 Å². The first-order chi connectivity index (χ1) is 14.0. The summed E-state index contributed by atoms with van der Waals surface area (Å²) in [7, 11) is -3.67. The number of hydrogen-bond acceptors (Lipinski definition) is 5. The number of amides is 1. The number of sulfonamides is 1. The fourth-order valence-electron chi connectivity index (χ4n) is 3.36. The molecule has 1 saturated heterocycles. The number of aromatic hydroxyl groups is 1. The Balaban J connectivity index is 1.62. The Morgan fingerprint density at radius 2 is 1.76 bits per heavy atom. The highest BCUT2D eigenvalue weighted by Gasteiger charge is 2.28. The van der Waals surface area contributed by atoms with Crippen molar-refractivity contribution >= 4 is 21.6 Å². The van der Waals surface area contributed by atoms with Crippen molar-refractivity contribution in [3.05, 3.63) is 66.6 Å². The minimum absolute atomic E-state index is 0.00526. The average molecular weight is 412 g/mol. The van der Waals surface area contributed by atoms with Gasteiger partial charge >= 0.3 is 0 Å². The molecule has 4 rings (SSSR count). The van der Waals surface area contributed by atoms with E-state index in [0.717, 1.165) is 18.4 Å². The van der Waals surface area contributed by atoms with Crippen LogP contribution in [0.1, 0.15) is 23.4 Å². The molecule has 1 aromatic heterocycles. The van der Waals surface area contributed by atoms with Crippen LogP contribution < -0.4 is 5.32 Å². The molecule has 0 spiro atoms. The summed E-state index contributed by atoms with van der Waals surface area (Å²) in [4.78, 5) is 12.8. The highest BCUT2D eigenvalue weighted by Crippen LogP contribution is 2.31. The number of anilines is 1. The molecule has 0 bridgehead atoms. The first kappa shape index (κ1) is 19.2. The highest BCUT2D eigenvalue weighted by molar-refractivity contribution is 7.89. The molecule has 2 N–H and O–H groups in total. The second-order valence-corrected chi connectivity index (χ2v) is 8.71. The van der Waals surface area contributed by atoms with Crippen molar-refractivity contribution in [3.8, 4) is 16.9 Å². The second-order valence-electron chi connectivity index (χ2n) is 6.77. The molecule has 1 fully saturated rings. The third kappa shape index (κ3) is 3.76. The third-order valence-electron chi connectivity index (χ3n) is 4.88. The van der Waals surface area contributed by atoms with Crippen LogP contribution in [0.5, 0.6) is 5.75 Å². The van der Waals surface area contributed by atoms with Crippen LogP contribution in [0.3, 0.4) is 0 Å². The van der Waals surface area contributed by atoms with E-state index in [2.05, 4.69) is 5.32 Å². The Kier molecular flexibility index (Phi) is 5.12. The average Bonchev–Trinajstić information content (AvgIpc) is 3.42. The van der Waals surface area contributed by atoms with Crippen LogP contribution in [-0.4, -0.2) is 36.8 Å². The lowest BCUT2D eigenvalue weighted by molar-refractivity contribution is 0.0997. The topological polar surface area (TPSA) is 99.9 Å². The van der Waals surface area contributed by atoms with Crippen molar-refractivity contribution in [1.29, 1.82) is 0 Å². The number of phenols is 1.